The smallest absolute Gasteiger partial charge is 0.261 e. The van der Waals surface area contributed by atoms with E-state index < -0.39 is 12.0 Å². The highest BCUT2D eigenvalue weighted by Crippen LogP contribution is 2.24. The van der Waals surface area contributed by atoms with Crippen LogP contribution in [0.4, 0.5) is 0 Å². The standard InChI is InChI=1S/C19H21N3O2/c1-22(2)12-13-5-3-6-14(9-13)15-7-4-8-16(10-15)17-11-18(19(20)23)24-21-17/h3-10,18H,11-12H2,1-2H3,(H2,20,23). The predicted octanol–water partition coefficient (Wildman–Crippen LogP) is 2.39. The van der Waals surface area contributed by atoms with Crippen molar-refractivity contribution < 1.29 is 9.63 Å². The van der Waals surface area contributed by atoms with Gasteiger partial charge >= 0.3 is 0 Å². The molecule has 0 saturated heterocycles. The van der Waals surface area contributed by atoms with Crippen molar-refractivity contribution in [1.82, 2.24) is 4.90 Å². The third-order valence-electron chi connectivity index (χ3n) is 3.94. The molecule has 1 aliphatic rings. The molecule has 2 aromatic carbocycles. The molecule has 1 heterocycles. The Morgan fingerprint density at radius 1 is 1.17 bits per heavy atom. The van der Waals surface area contributed by atoms with Crippen molar-refractivity contribution in [3.05, 3.63) is 59.7 Å². The summed E-state index contributed by atoms with van der Waals surface area (Å²) in [5.74, 6) is -0.485. The number of primary amides is 1. The van der Waals surface area contributed by atoms with Gasteiger partial charge in [-0.2, -0.15) is 0 Å². The van der Waals surface area contributed by atoms with E-state index in [4.69, 9.17) is 10.6 Å². The van der Waals surface area contributed by atoms with Gasteiger partial charge in [-0.3, -0.25) is 4.79 Å². The summed E-state index contributed by atoms with van der Waals surface area (Å²) >= 11 is 0. The zero-order valence-electron chi connectivity index (χ0n) is 13.9. The Morgan fingerprint density at radius 3 is 2.50 bits per heavy atom. The lowest BCUT2D eigenvalue weighted by atomic mass is 9.98. The fourth-order valence-electron chi connectivity index (χ4n) is 2.79. The van der Waals surface area contributed by atoms with Crippen LogP contribution in [0.15, 0.2) is 53.7 Å². The van der Waals surface area contributed by atoms with Crippen molar-refractivity contribution in [2.45, 2.75) is 19.1 Å². The van der Waals surface area contributed by atoms with Gasteiger partial charge in [0.15, 0.2) is 0 Å². The number of carbonyl (C=O) groups is 1. The molecule has 124 valence electrons. The summed E-state index contributed by atoms with van der Waals surface area (Å²) in [7, 11) is 4.11. The lowest BCUT2D eigenvalue weighted by Crippen LogP contribution is -2.28. The molecule has 0 saturated carbocycles. The van der Waals surface area contributed by atoms with E-state index in [2.05, 4.69) is 60.5 Å². The van der Waals surface area contributed by atoms with Crippen LogP contribution in [-0.4, -0.2) is 36.7 Å². The molecular weight excluding hydrogens is 302 g/mol. The highest BCUT2D eigenvalue weighted by molar-refractivity contribution is 6.04. The van der Waals surface area contributed by atoms with Gasteiger partial charge in [0.1, 0.15) is 0 Å². The molecular formula is C19H21N3O2. The monoisotopic (exact) mass is 323 g/mol. The van der Waals surface area contributed by atoms with Gasteiger partial charge in [-0.25, -0.2) is 0 Å². The van der Waals surface area contributed by atoms with E-state index in [9.17, 15) is 4.79 Å². The van der Waals surface area contributed by atoms with Gasteiger partial charge in [0.25, 0.3) is 5.91 Å². The van der Waals surface area contributed by atoms with Gasteiger partial charge in [-0.15, -0.1) is 0 Å². The van der Waals surface area contributed by atoms with Gasteiger partial charge in [-0.05, 0) is 42.9 Å². The van der Waals surface area contributed by atoms with Crippen LogP contribution >= 0.6 is 0 Å². The molecule has 5 nitrogen and oxygen atoms in total. The van der Waals surface area contributed by atoms with Crippen molar-refractivity contribution in [2.75, 3.05) is 14.1 Å². The van der Waals surface area contributed by atoms with Gasteiger partial charge < -0.3 is 15.5 Å². The van der Waals surface area contributed by atoms with Crippen LogP contribution in [0.1, 0.15) is 17.5 Å². The van der Waals surface area contributed by atoms with Crippen LogP contribution in [-0.2, 0) is 16.2 Å². The number of carbonyl (C=O) groups excluding carboxylic acids is 1. The molecule has 2 aromatic rings. The fourth-order valence-corrected chi connectivity index (χ4v) is 2.79. The topological polar surface area (TPSA) is 67.9 Å². The van der Waals surface area contributed by atoms with Gasteiger partial charge in [0.05, 0.1) is 5.71 Å². The number of hydrogen-bond acceptors (Lipinski definition) is 4. The second-order valence-electron chi connectivity index (χ2n) is 6.26. The number of benzene rings is 2. The molecule has 0 aliphatic carbocycles. The summed E-state index contributed by atoms with van der Waals surface area (Å²) in [4.78, 5) is 18.5. The first kappa shape index (κ1) is 16.2. The number of nitrogens with zero attached hydrogens (tertiary/aromatic N) is 2. The maximum Gasteiger partial charge on any atom is 0.261 e. The molecule has 1 aliphatic heterocycles. The summed E-state index contributed by atoms with van der Waals surface area (Å²) in [6.45, 7) is 0.897. The molecule has 2 N–H and O–H groups in total. The second kappa shape index (κ2) is 6.84. The van der Waals surface area contributed by atoms with E-state index in [0.717, 1.165) is 28.9 Å². The molecule has 5 heteroatoms. The highest BCUT2D eigenvalue weighted by Gasteiger charge is 2.26. The molecule has 0 radical (unpaired) electrons. The molecule has 0 spiro atoms. The molecule has 0 fully saturated rings. The average molecular weight is 323 g/mol. The second-order valence-corrected chi connectivity index (χ2v) is 6.26. The van der Waals surface area contributed by atoms with Gasteiger partial charge in [0, 0.05) is 18.5 Å². The SMILES string of the molecule is CN(C)Cc1cccc(-c2cccc(C3=NOC(C(N)=O)C3)c2)c1. The third-order valence-corrected chi connectivity index (χ3v) is 3.94. The number of rotatable bonds is 5. The Kier molecular flexibility index (Phi) is 4.62. The van der Waals surface area contributed by atoms with E-state index >= 15 is 0 Å². The van der Waals surface area contributed by atoms with Crippen molar-refractivity contribution in [1.29, 1.82) is 0 Å². The fraction of sp³-hybridized carbons (Fsp3) is 0.263. The first-order valence-electron chi connectivity index (χ1n) is 7.89. The summed E-state index contributed by atoms with van der Waals surface area (Å²) in [6, 6.07) is 16.6. The lowest BCUT2D eigenvalue weighted by Gasteiger charge is -2.11. The average Bonchev–Trinajstić information content (AvgIpc) is 3.05. The van der Waals surface area contributed by atoms with Crippen LogP contribution < -0.4 is 5.73 Å². The first-order chi connectivity index (χ1) is 11.5. The lowest BCUT2D eigenvalue weighted by molar-refractivity contribution is -0.127. The number of nitrogens with two attached hydrogens (primary N) is 1. The van der Waals surface area contributed by atoms with Crippen LogP contribution in [0, 0.1) is 0 Å². The predicted molar refractivity (Wildman–Crippen MR) is 94.5 cm³/mol. The number of hydrogen-bond donors (Lipinski definition) is 1. The summed E-state index contributed by atoms with van der Waals surface area (Å²) in [6.07, 6.45) is -0.244. The zero-order chi connectivity index (χ0) is 17.1. The van der Waals surface area contributed by atoms with E-state index in [1.165, 1.54) is 5.56 Å². The Bertz CT molecular complexity index is 784. The first-order valence-corrected chi connectivity index (χ1v) is 7.89. The maximum absolute atomic E-state index is 11.2. The normalized spacial score (nSPS) is 16.8. The molecule has 1 atom stereocenters. The Balaban J connectivity index is 1.85. The Hall–Kier alpha value is -2.66. The van der Waals surface area contributed by atoms with Crippen molar-refractivity contribution in [3.8, 4) is 11.1 Å². The molecule has 3 rings (SSSR count). The quantitative estimate of drug-likeness (QED) is 0.918. The molecule has 0 aromatic heterocycles. The largest absolute Gasteiger partial charge is 0.382 e. The van der Waals surface area contributed by atoms with Crippen molar-refractivity contribution in [3.63, 3.8) is 0 Å². The van der Waals surface area contributed by atoms with E-state index in [-0.39, 0.29) is 0 Å². The van der Waals surface area contributed by atoms with Crippen molar-refractivity contribution in [2.24, 2.45) is 10.9 Å². The van der Waals surface area contributed by atoms with E-state index in [0.29, 0.717) is 6.42 Å². The molecule has 1 amide bonds. The number of oxime groups is 1. The van der Waals surface area contributed by atoms with Crippen LogP contribution in [0.25, 0.3) is 11.1 Å². The molecule has 24 heavy (non-hydrogen) atoms. The molecule has 0 bridgehead atoms. The maximum atomic E-state index is 11.2. The van der Waals surface area contributed by atoms with Crippen LogP contribution in [0.2, 0.25) is 0 Å². The summed E-state index contributed by atoms with van der Waals surface area (Å²) < 4.78 is 0. The number of amides is 1. The van der Waals surface area contributed by atoms with Crippen LogP contribution in [0.3, 0.4) is 0 Å². The van der Waals surface area contributed by atoms with Crippen molar-refractivity contribution >= 4 is 11.6 Å². The minimum absolute atomic E-state index is 0.416. The zero-order valence-corrected chi connectivity index (χ0v) is 13.9. The van der Waals surface area contributed by atoms with E-state index in [1.54, 1.807) is 0 Å². The molecule has 1 unspecified atom stereocenters. The highest BCUT2D eigenvalue weighted by atomic mass is 16.6. The van der Waals surface area contributed by atoms with Crippen LogP contribution in [0.5, 0.6) is 0 Å². The Labute approximate surface area is 141 Å². The van der Waals surface area contributed by atoms with E-state index in [1.807, 2.05) is 12.1 Å². The minimum atomic E-state index is -0.660. The third kappa shape index (κ3) is 3.63. The Morgan fingerprint density at radius 2 is 1.83 bits per heavy atom. The van der Waals surface area contributed by atoms with Gasteiger partial charge in [-0.1, -0.05) is 41.6 Å². The summed E-state index contributed by atoms with van der Waals surface area (Å²) in [5.41, 5.74) is 10.5. The van der Waals surface area contributed by atoms with Gasteiger partial charge in [0.2, 0.25) is 6.10 Å². The summed E-state index contributed by atoms with van der Waals surface area (Å²) in [5, 5.41) is 4.01. The minimum Gasteiger partial charge on any atom is -0.382 e.